The summed E-state index contributed by atoms with van der Waals surface area (Å²) in [5.74, 6) is 0.190. The molecular formula is C18H22N4O3. The number of nitrogens with one attached hydrogen (secondary N) is 1. The molecule has 0 spiro atoms. The Morgan fingerprint density at radius 2 is 2.16 bits per heavy atom. The maximum atomic E-state index is 12.8. The molecule has 132 valence electrons. The Kier molecular flexibility index (Phi) is 3.95. The third-order valence-corrected chi connectivity index (χ3v) is 5.00. The summed E-state index contributed by atoms with van der Waals surface area (Å²) in [6.45, 7) is 3.52. The normalized spacial score (nSPS) is 18.1. The van der Waals surface area contributed by atoms with E-state index in [2.05, 4.69) is 10.1 Å². The fraction of sp³-hybridized carbons (Fsp3) is 0.500. The molecule has 7 nitrogen and oxygen atoms in total. The molecule has 1 aliphatic carbocycles. The smallest absolute Gasteiger partial charge is 0.254 e. The molecule has 2 aromatic rings. The standard InChI is InChI=1S/C18H22N4O3/c1-2-13-7-12(8-16(23)19-13)18(25)21-5-6-22-14(10-21)9-15(20-22)17(24)11-3-4-11/h7-9,11,17,24H,2-6,10H2,1H3,(H,19,23)/t17-/m1/s1. The highest BCUT2D eigenvalue weighted by molar-refractivity contribution is 5.94. The lowest BCUT2D eigenvalue weighted by atomic mass is 10.1. The Balaban J connectivity index is 1.54. The van der Waals surface area contributed by atoms with Crippen LogP contribution in [0.15, 0.2) is 23.0 Å². The van der Waals surface area contributed by atoms with Gasteiger partial charge in [-0.25, -0.2) is 0 Å². The number of amides is 1. The second kappa shape index (κ2) is 6.15. The summed E-state index contributed by atoms with van der Waals surface area (Å²) in [6, 6.07) is 5.01. The van der Waals surface area contributed by atoms with E-state index in [1.54, 1.807) is 11.0 Å². The van der Waals surface area contributed by atoms with Crippen LogP contribution in [0.1, 0.15) is 53.3 Å². The van der Waals surface area contributed by atoms with Gasteiger partial charge < -0.3 is 15.0 Å². The highest BCUT2D eigenvalue weighted by Crippen LogP contribution is 2.40. The number of H-pyrrole nitrogens is 1. The van der Waals surface area contributed by atoms with Crippen molar-refractivity contribution in [3.8, 4) is 0 Å². The number of aryl methyl sites for hydroxylation is 1. The quantitative estimate of drug-likeness (QED) is 0.874. The van der Waals surface area contributed by atoms with Crippen LogP contribution in [0.2, 0.25) is 0 Å². The van der Waals surface area contributed by atoms with Crippen LogP contribution in [0.25, 0.3) is 0 Å². The highest BCUT2D eigenvalue weighted by atomic mass is 16.3. The molecule has 1 fully saturated rings. The first kappa shape index (κ1) is 16.1. The van der Waals surface area contributed by atoms with Gasteiger partial charge in [-0.15, -0.1) is 0 Å². The van der Waals surface area contributed by atoms with E-state index in [-0.39, 0.29) is 11.5 Å². The van der Waals surface area contributed by atoms with Gasteiger partial charge in [0.15, 0.2) is 0 Å². The first-order valence-corrected chi connectivity index (χ1v) is 8.82. The molecule has 1 amide bonds. The summed E-state index contributed by atoms with van der Waals surface area (Å²) in [5.41, 5.74) is 2.56. The van der Waals surface area contributed by atoms with Crippen molar-refractivity contribution < 1.29 is 9.90 Å². The SMILES string of the molecule is CCc1cc(C(=O)N2CCn3nc([C@H](O)C4CC4)cc3C2)cc(=O)[nH]1. The van der Waals surface area contributed by atoms with Crippen LogP contribution in [0.3, 0.4) is 0 Å². The third-order valence-electron chi connectivity index (χ3n) is 5.00. The molecule has 2 aromatic heterocycles. The fourth-order valence-electron chi connectivity index (χ4n) is 3.36. The summed E-state index contributed by atoms with van der Waals surface area (Å²) in [7, 11) is 0. The number of aliphatic hydroxyl groups excluding tert-OH is 1. The predicted molar refractivity (Wildman–Crippen MR) is 91.1 cm³/mol. The third kappa shape index (κ3) is 3.11. The van der Waals surface area contributed by atoms with Crippen LogP contribution < -0.4 is 5.56 Å². The first-order chi connectivity index (χ1) is 12.0. The number of carbonyl (C=O) groups is 1. The molecule has 3 heterocycles. The molecule has 0 unspecified atom stereocenters. The minimum absolute atomic E-state index is 0.141. The van der Waals surface area contributed by atoms with Gasteiger partial charge in [-0.2, -0.15) is 5.10 Å². The molecule has 7 heteroatoms. The predicted octanol–water partition coefficient (Wildman–Crippen LogP) is 1.23. The zero-order chi connectivity index (χ0) is 17.6. The van der Waals surface area contributed by atoms with Crippen LogP contribution in [-0.4, -0.2) is 37.2 Å². The van der Waals surface area contributed by atoms with Crippen LogP contribution >= 0.6 is 0 Å². The summed E-state index contributed by atoms with van der Waals surface area (Å²) in [5, 5.41) is 14.7. The van der Waals surface area contributed by atoms with Gasteiger partial charge in [0.1, 0.15) is 6.10 Å². The summed E-state index contributed by atoms with van der Waals surface area (Å²) in [6.07, 6.45) is 2.28. The van der Waals surface area contributed by atoms with Gasteiger partial charge in [-0.1, -0.05) is 6.92 Å². The van der Waals surface area contributed by atoms with Crippen LogP contribution in [-0.2, 0) is 19.5 Å². The Bertz CT molecular complexity index is 865. The van der Waals surface area contributed by atoms with Crippen molar-refractivity contribution in [3.05, 3.63) is 51.2 Å². The van der Waals surface area contributed by atoms with E-state index in [0.717, 1.165) is 24.2 Å². The van der Waals surface area contributed by atoms with Gasteiger partial charge in [0.2, 0.25) is 5.56 Å². The summed E-state index contributed by atoms with van der Waals surface area (Å²) >= 11 is 0. The Labute approximate surface area is 145 Å². The van der Waals surface area contributed by atoms with Crippen molar-refractivity contribution in [1.82, 2.24) is 19.7 Å². The molecule has 1 atom stereocenters. The van der Waals surface area contributed by atoms with Crippen molar-refractivity contribution in [2.75, 3.05) is 6.54 Å². The number of aliphatic hydroxyl groups is 1. The topological polar surface area (TPSA) is 91.2 Å². The van der Waals surface area contributed by atoms with E-state index in [1.807, 2.05) is 17.7 Å². The van der Waals surface area contributed by atoms with E-state index in [0.29, 0.717) is 43.2 Å². The zero-order valence-corrected chi connectivity index (χ0v) is 14.2. The number of hydrogen-bond donors (Lipinski definition) is 2. The number of carbonyl (C=O) groups excluding carboxylic acids is 1. The highest BCUT2D eigenvalue weighted by Gasteiger charge is 2.33. The molecule has 1 saturated carbocycles. The molecule has 0 aromatic carbocycles. The Morgan fingerprint density at radius 1 is 1.36 bits per heavy atom. The number of aromatic nitrogens is 3. The minimum Gasteiger partial charge on any atom is -0.386 e. The Morgan fingerprint density at radius 3 is 2.88 bits per heavy atom. The maximum absolute atomic E-state index is 12.8. The molecule has 0 saturated heterocycles. The number of hydrogen-bond acceptors (Lipinski definition) is 4. The minimum atomic E-state index is -0.498. The van der Waals surface area contributed by atoms with Gasteiger partial charge in [0.25, 0.3) is 5.91 Å². The zero-order valence-electron chi connectivity index (χ0n) is 14.2. The lowest BCUT2D eigenvalue weighted by molar-refractivity contribution is 0.0705. The van der Waals surface area contributed by atoms with Gasteiger partial charge in [-0.3, -0.25) is 14.3 Å². The first-order valence-electron chi connectivity index (χ1n) is 8.82. The second-order valence-electron chi connectivity index (χ2n) is 6.90. The number of pyridine rings is 1. The second-order valence-corrected chi connectivity index (χ2v) is 6.90. The molecule has 25 heavy (non-hydrogen) atoms. The number of nitrogens with zero attached hydrogens (tertiary/aromatic N) is 3. The van der Waals surface area contributed by atoms with E-state index in [9.17, 15) is 14.7 Å². The van der Waals surface area contributed by atoms with Crippen LogP contribution in [0.4, 0.5) is 0 Å². The van der Waals surface area contributed by atoms with Gasteiger partial charge in [-0.05, 0) is 37.3 Å². The van der Waals surface area contributed by atoms with Crippen molar-refractivity contribution >= 4 is 5.91 Å². The lowest BCUT2D eigenvalue weighted by Crippen LogP contribution is -2.38. The van der Waals surface area contributed by atoms with Crippen LogP contribution in [0.5, 0.6) is 0 Å². The number of rotatable bonds is 4. The molecule has 1 aliphatic heterocycles. The Hall–Kier alpha value is -2.41. The molecular weight excluding hydrogens is 320 g/mol. The maximum Gasteiger partial charge on any atom is 0.254 e. The van der Waals surface area contributed by atoms with Gasteiger partial charge >= 0.3 is 0 Å². The molecule has 2 N–H and O–H groups in total. The van der Waals surface area contributed by atoms with E-state index >= 15 is 0 Å². The monoisotopic (exact) mass is 342 g/mol. The number of fused-ring (bicyclic) bond motifs is 1. The molecule has 0 bridgehead atoms. The molecule has 4 rings (SSSR count). The fourth-order valence-corrected chi connectivity index (χ4v) is 3.36. The molecule has 0 radical (unpaired) electrons. The largest absolute Gasteiger partial charge is 0.386 e. The summed E-state index contributed by atoms with van der Waals surface area (Å²) < 4.78 is 1.87. The number of aromatic amines is 1. The van der Waals surface area contributed by atoms with E-state index in [4.69, 9.17) is 0 Å². The lowest BCUT2D eigenvalue weighted by Gasteiger charge is -2.27. The van der Waals surface area contributed by atoms with Crippen molar-refractivity contribution in [2.24, 2.45) is 5.92 Å². The summed E-state index contributed by atoms with van der Waals surface area (Å²) in [4.78, 5) is 29.0. The van der Waals surface area contributed by atoms with E-state index in [1.165, 1.54) is 6.07 Å². The van der Waals surface area contributed by atoms with Gasteiger partial charge in [0, 0.05) is 23.9 Å². The van der Waals surface area contributed by atoms with Crippen LogP contribution in [0, 0.1) is 5.92 Å². The van der Waals surface area contributed by atoms with Crippen molar-refractivity contribution in [3.63, 3.8) is 0 Å². The van der Waals surface area contributed by atoms with Crippen molar-refractivity contribution in [1.29, 1.82) is 0 Å². The van der Waals surface area contributed by atoms with E-state index < -0.39 is 6.10 Å². The van der Waals surface area contributed by atoms with Crippen molar-refractivity contribution in [2.45, 2.75) is 45.4 Å². The average Bonchev–Trinajstić information content (AvgIpc) is 3.38. The average molecular weight is 342 g/mol. The molecule has 2 aliphatic rings. The van der Waals surface area contributed by atoms with Gasteiger partial charge in [0.05, 0.1) is 24.5 Å².